The maximum Gasteiger partial charge on any atom is 0.416 e. The van der Waals surface area contributed by atoms with E-state index in [9.17, 15) is 27.9 Å². The lowest BCUT2D eigenvalue weighted by atomic mass is 9.74. The van der Waals surface area contributed by atoms with E-state index in [4.69, 9.17) is 4.74 Å². The fourth-order valence-electron chi connectivity index (χ4n) is 7.36. The Bertz CT molecular complexity index is 1100. The standard InChI is InChI=1S/C31H40F3NO4/c1-20-27(30(39-29(20)38)15-17-35(18-16-30)25-11-13-26(36)14-12-25)28(37)22-6-4-7-23-19-24(31(32,33)34)8-3-2-5-21(23)9-10-22/h3,8,19,22,25-26,36H,2,4-7,9-18H2,1H3. The third kappa shape index (κ3) is 5.97. The summed E-state index contributed by atoms with van der Waals surface area (Å²) in [5.74, 6) is -0.672. The van der Waals surface area contributed by atoms with Gasteiger partial charge in [0.15, 0.2) is 5.78 Å². The monoisotopic (exact) mass is 547 g/mol. The van der Waals surface area contributed by atoms with Gasteiger partial charge in [0.25, 0.3) is 0 Å². The van der Waals surface area contributed by atoms with Gasteiger partial charge in [0.2, 0.25) is 0 Å². The molecule has 0 bridgehead atoms. The van der Waals surface area contributed by atoms with Gasteiger partial charge in [-0.15, -0.1) is 0 Å². The molecule has 1 spiro atoms. The van der Waals surface area contributed by atoms with Gasteiger partial charge in [-0.25, -0.2) is 4.79 Å². The summed E-state index contributed by atoms with van der Waals surface area (Å²) in [6.45, 7) is 3.20. The van der Waals surface area contributed by atoms with Gasteiger partial charge in [0.05, 0.1) is 11.7 Å². The minimum Gasteiger partial charge on any atom is -0.451 e. The van der Waals surface area contributed by atoms with Gasteiger partial charge in [-0.2, -0.15) is 13.2 Å². The average Bonchev–Trinajstić information content (AvgIpc) is 3.10. The fourth-order valence-corrected chi connectivity index (χ4v) is 7.36. The molecule has 214 valence electrons. The first kappa shape index (κ1) is 28.3. The molecule has 5 rings (SSSR count). The highest BCUT2D eigenvalue weighted by Gasteiger charge is 2.52. The van der Waals surface area contributed by atoms with E-state index in [1.54, 1.807) is 13.0 Å². The van der Waals surface area contributed by atoms with Crippen molar-refractivity contribution in [2.24, 2.45) is 5.92 Å². The van der Waals surface area contributed by atoms with E-state index in [0.29, 0.717) is 75.0 Å². The number of aliphatic hydroxyl groups is 1. The number of ketones is 1. The van der Waals surface area contributed by atoms with Crippen molar-refractivity contribution in [3.05, 3.63) is 46.1 Å². The highest BCUT2D eigenvalue weighted by atomic mass is 19.4. The zero-order valence-corrected chi connectivity index (χ0v) is 22.8. The number of Topliss-reactive ketones (excluding diaryl/α,β-unsaturated/α-hetero) is 1. The third-order valence-electron chi connectivity index (χ3n) is 9.65. The molecule has 2 aliphatic heterocycles. The predicted octanol–water partition coefficient (Wildman–Crippen LogP) is 6.28. The molecule has 1 unspecified atom stereocenters. The highest BCUT2D eigenvalue weighted by molar-refractivity contribution is 6.09. The Balaban J connectivity index is 1.30. The second kappa shape index (κ2) is 11.4. The molecule has 0 aromatic carbocycles. The Kier molecular flexibility index (Phi) is 8.25. The summed E-state index contributed by atoms with van der Waals surface area (Å²) in [6, 6.07) is 0.422. The van der Waals surface area contributed by atoms with E-state index in [1.165, 1.54) is 12.2 Å². The zero-order valence-electron chi connectivity index (χ0n) is 22.8. The van der Waals surface area contributed by atoms with E-state index in [2.05, 4.69) is 4.90 Å². The summed E-state index contributed by atoms with van der Waals surface area (Å²) in [5, 5.41) is 9.87. The Morgan fingerprint density at radius 2 is 1.77 bits per heavy atom. The molecule has 8 heteroatoms. The van der Waals surface area contributed by atoms with Crippen molar-refractivity contribution in [2.45, 2.75) is 114 Å². The largest absolute Gasteiger partial charge is 0.451 e. The number of allylic oxidation sites excluding steroid dienone is 6. The highest BCUT2D eigenvalue weighted by Crippen LogP contribution is 2.45. The maximum atomic E-state index is 14.1. The molecule has 0 aromatic heterocycles. The van der Waals surface area contributed by atoms with E-state index < -0.39 is 23.3 Å². The Hall–Kier alpha value is -2.19. The second-order valence-electron chi connectivity index (χ2n) is 12.0. The number of carbonyl (C=O) groups is 2. The molecule has 0 radical (unpaired) electrons. The molecule has 3 aliphatic carbocycles. The van der Waals surface area contributed by atoms with Crippen LogP contribution in [0, 0.1) is 5.92 Å². The number of ether oxygens (including phenoxy) is 1. The third-order valence-corrected chi connectivity index (χ3v) is 9.65. The average molecular weight is 548 g/mol. The van der Waals surface area contributed by atoms with Crippen LogP contribution >= 0.6 is 0 Å². The maximum absolute atomic E-state index is 14.1. The van der Waals surface area contributed by atoms with Gasteiger partial charge in [-0.1, -0.05) is 17.7 Å². The Labute approximate surface area is 228 Å². The van der Waals surface area contributed by atoms with Gasteiger partial charge < -0.3 is 14.7 Å². The van der Waals surface area contributed by atoms with Crippen LogP contribution in [-0.2, 0) is 14.3 Å². The summed E-state index contributed by atoms with van der Waals surface area (Å²) < 4.78 is 46.4. The summed E-state index contributed by atoms with van der Waals surface area (Å²) in [4.78, 5) is 29.3. The molecule has 1 saturated heterocycles. The molecule has 2 heterocycles. The summed E-state index contributed by atoms with van der Waals surface area (Å²) in [5.41, 5.74) is 1.28. The van der Waals surface area contributed by atoms with Gasteiger partial charge >= 0.3 is 12.1 Å². The number of nitrogens with zero attached hydrogens (tertiary/aromatic N) is 1. The van der Waals surface area contributed by atoms with Gasteiger partial charge in [-0.05, 0) is 89.2 Å². The number of halogens is 3. The SMILES string of the molecule is CC1=C(C(=O)C2CCCC3=C(CCC=CC(C(F)(F)F)=C3)CC2)C2(CCN(C3CCC(O)CC3)CC2)OC1=O. The van der Waals surface area contributed by atoms with Crippen molar-refractivity contribution in [3.63, 3.8) is 0 Å². The van der Waals surface area contributed by atoms with E-state index >= 15 is 0 Å². The first-order chi connectivity index (χ1) is 18.6. The topological polar surface area (TPSA) is 66.8 Å². The number of alkyl halides is 3. The van der Waals surface area contributed by atoms with Crippen molar-refractivity contribution >= 4 is 11.8 Å². The lowest BCUT2D eigenvalue weighted by Crippen LogP contribution is -2.51. The lowest BCUT2D eigenvalue weighted by molar-refractivity contribution is -0.151. The van der Waals surface area contributed by atoms with Gasteiger partial charge in [0.1, 0.15) is 5.60 Å². The first-order valence-corrected chi connectivity index (χ1v) is 14.6. The summed E-state index contributed by atoms with van der Waals surface area (Å²) >= 11 is 0. The first-order valence-electron chi connectivity index (χ1n) is 14.6. The predicted molar refractivity (Wildman–Crippen MR) is 142 cm³/mol. The Morgan fingerprint density at radius 3 is 2.46 bits per heavy atom. The number of carbonyl (C=O) groups excluding carboxylic acids is 2. The van der Waals surface area contributed by atoms with Crippen molar-refractivity contribution in [3.8, 4) is 0 Å². The summed E-state index contributed by atoms with van der Waals surface area (Å²) in [6.07, 6.45) is 8.41. The van der Waals surface area contributed by atoms with Crippen molar-refractivity contribution < 1.29 is 32.6 Å². The zero-order chi connectivity index (χ0) is 27.8. The molecular formula is C31H40F3NO4. The number of likely N-dealkylation sites (tertiary alicyclic amines) is 1. The van der Waals surface area contributed by atoms with E-state index in [1.807, 2.05) is 0 Å². The minimum atomic E-state index is -4.38. The quantitative estimate of drug-likeness (QED) is 0.421. The van der Waals surface area contributed by atoms with Crippen LogP contribution in [0.2, 0.25) is 0 Å². The fraction of sp³-hybridized carbons (Fsp3) is 0.677. The number of hydrogen-bond acceptors (Lipinski definition) is 5. The second-order valence-corrected chi connectivity index (χ2v) is 12.0. The van der Waals surface area contributed by atoms with E-state index in [-0.39, 0.29) is 17.8 Å². The minimum absolute atomic E-state index is 0.00565. The van der Waals surface area contributed by atoms with Crippen molar-refractivity contribution in [1.82, 2.24) is 4.90 Å². The molecule has 5 aliphatic rings. The summed E-state index contributed by atoms with van der Waals surface area (Å²) in [7, 11) is 0. The van der Waals surface area contributed by atoms with Crippen LogP contribution in [0.1, 0.15) is 90.4 Å². The smallest absolute Gasteiger partial charge is 0.416 e. The lowest BCUT2D eigenvalue weighted by Gasteiger charge is -2.44. The molecular weight excluding hydrogens is 507 g/mol. The van der Waals surface area contributed by atoms with E-state index in [0.717, 1.165) is 49.9 Å². The van der Waals surface area contributed by atoms with Crippen molar-refractivity contribution in [2.75, 3.05) is 13.1 Å². The molecule has 39 heavy (non-hydrogen) atoms. The molecule has 1 saturated carbocycles. The van der Waals surface area contributed by atoms with Crippen LogP contribution in [0.25, 0.3) is 0 Å². The molecule has 5 nitrogen and oxygen atoms in total. The Morgan fingerprint density at radius 1 is 1.05 bits per heavy atom. The van der Waals surface area contributed by atoms with Crippen LogP contribution in [0.3, 0.4) is 0 Å². The number of aliphatic hydroxyl groups excluding tert-OH is 1. The van der Waals surface area contributed by atoms with Gasteiger partial charge in [0, 0.05) is 49.0 Å². The van der Waals surface area contributed by atoms with Crippen LogP contribution in [0.4, 0.5) is 13.2 Å². The molecule has 0 amide bonds. The van der Waals surface area contributed by atoms with Crippen LogP contribution < -0.4 is 0 Å². The number of esters is 1. The normalized spacial score (nSPS) is 30.7. The van der Waals surface area contributed by atoms with Gasteiger partial charge in [-0.3, -0.25) is 4.79 Å². The van der Waals surface area contributed by atoms with Crippen molar-refractivity contribution in [1.29, 1.82) is 0 Å². The number of hydrogen-bond donors (Lipinski definition) is 1. The number of piperidine rings is 1. The van der Waals surface area contributed by atoms with Crippen LogP contribution in [0.5, 0.6) is 0 Å². The van der Waals surface area contributed by atoms with Crippen LogP contribution in [-0.4, -0.2) is 58.8 Å². The number of rotatable bonds is 3. The van der Waals surface area contributed by atoms with Crippen LogP contribution in [0.15, 0.2) is 46.1 Å². The molecule has 2 fully saturated rings. The molecule has 0 aromatic rings. The molecule has 1 N–H and O–H groups in total. The molecule has 1 atom stereocenters.